The molecule has 0 aromatic carbocycles. The molecule has 3 aliphatic rings. The Labute approximate surface area is 381 Å². The van der Waals surface area contributed by atoms with E-state index >= 15 is 0 Å². The predicted molar refractivity (Wildman–Crippen MR) is 234 cm³/mol. The maximum atomic E-state index is 14.5. The van der Waals surface area contributed by atoms with Crippen LogP contribution < -0.4 is 0 Å². The second-order valence-electron chi connectivity index (χ2n) is 18.9. The summed E-state index contributed by atoms with van der Waals surface area (Å²) in [7, 11) is 8.52. The largest absolute Gasteiger partial charge is 0.459 e. The van der Waals surface area contributed by atoms with Gasteiger partial charge in [-0.1, -0.05) is 32.9 Å². The lowest BCUT2D eigenvalue weighted by atomic mass is 9.73. The van der Waals surface area contributed by atoms with Crippen molar-refractivity contribution in [2.24, 2.45) is 28.8 Å². The standard InChI is InChI=1S/C45H84N2O17/c1-16-33-45(10,52)38(48)28(4)35(46-59-25-57-20-18-54-14)26(2)22-43(8,51)40(64-42-37(58-24-56-19-17-53-13)32(47(11)12)21-27(3)60-42)29(5)36(30(6)41(50)62-33)63-34-23-44(9,55-15)39(49)31(7)61-34/h26-34,36-40,42,48-49,51-52H,16-25H2,1-15H3/b46-35+/t26-,27-,28+,29+,30-,31+,32+,33?,34+,36?,37-,38-,39+,40-,42+,43-,44-,45-/m1/s1. The number of rotatable bonds is 19. The zero-order valence-electron chi connectivity index (χ0n) is 41.2. The van der Waals surface area contributed by atoms with Gasteiger partial charge in [0.1, 0.15) is 30.7 Å². The molecule has 0 aliphatic carbocycles. The van der Waals surface area contributed by atoms with Crippen molar-refractivity contribution < 1.29 is 82.2 Å². The SMILES string of the molecule is CCC1OC(=O)[C@H](C)C(O[C@H]2C[C@@](C)(OC)[C@@H](O)[C@H](C)O2)[C@H](C)[C@@H](O[C@@H]2O[C@H](C)C[C@H](N(C)C)[C@H]2OCOCCOC)[C@](C)(O)C[C@@H](C)/C(=N\OCOCCOC)[C@H](C)[C@@H](O)[C@]1(C)O. The Morgan fingerprint density at radius 1 is 0.812 bits per heavy atom. The second kappa shape index (κ2) is 25.6. The highest BCUT2D eigenvalue weighted by Crippen LogP contribution is 2.41. The number of hydrogen-bond acceptors (Lipinski definition) is 19. The number of hydrogen-bond donors (Lipinski definition) is 4. The van der Waals surface area contributed by atoms with Crippen LogP contribution in [0.1, 0.15) is 94.9 Å². The molecule has 3 rings (SSSR count). The Kier molecular flexibility index (Phi) is 22.7. The van der Waals surface area contributed by atoms with Gasteiger partial charge in [0.05, 0.1) is 79.8 Å². The minimum Gasteiger partial charge on any atom is -0.459 e. The molecule has 0 radical (unpaired) electrons. The summed E-state index contributed by atoms with van der Waals surface area (Å²) in [6.45, 7) is 18.1. The number of cyclic esters (lactones) is 1. The van der Waals surface area contributed by atoms with Crippen LogP contribution in [0.2, 0.25) is 0 Å². The third-order valence-corrected chi connectivity index (χ3v) is 13.3. The number of esters is 1. The first-order valence-electron chi connectivity index (χ1n) is 22.8. The number of nitrogens with zero attached hydrogens (tertiary/aromatic N) is 2. The maximum Gasteiger partial charge on any atom is 0.311 e. The van der Waals surface area contributed by atoms with E-state index < -0.39 is 102 Å². The third-order valence-electron chi connectivity index (χ3n) is 13.3. The third kappa shape index (κ3) is 14.7. The molecule has 4 N–H and O–H groups in total. The van der Waals surface area contributed by atoms with Crippen molar-refractivity contribution in [1.29, 1.82) is 0 Å². The first-order chi connectivity index (χ1) is 30.0. The van der Waals surface area contributed by atoms with Crippen LogP contribution in [0.5, 0.6) is 0 Å². The number of methoxy groups -OCH3 is 3. The van der Waals surface area contributed by atoms with Gasteiger partial charge in [0, 0.05) is 51.5 Å². The molecule has 19 nitrogen and oxygen atoms in total. The minimum atomic E-state index is -1.97. The molecule has 0 aromatic heterocycles. The van der Waals surface area contributed by atoms with Crippen molar-refractivity contribution >= 4 is 11.7 Å². The summed E-state index contributed by atoms with van der Waals surface area (Å²) < 4.78 is 66.4. The molecular formula is C45H84N2O17. The van der Waals surface area contributed by atoms with Crippen molar-refractivity contribution in [3.8, 4) is 0 Å². The Morgan fingerprint density at radius 3 is 2.02 bits per heavy atom. The molecule has 3 saturated heterocycles. The lowest BCUT2D eigenvalue weighted by Gasteiger charge is -2.49. The summed E-state index contributed by atoms with van der Waals surface area (Å²) in [6, 6.07) is -0.197. The molecule has 3 heterocycles. The first kappa shape index (κ1) is 56.7. The van der Waals surface area contributed by atoms with Gasteiger partial charge in [-0.15, -0.1) is 0 Å². The summed E-state index contributed by atoms with van der Waals surface area (Å²) in [5.41, 5.74) is -4.50. The fourth-order valence-corrected chi connectivity index (χ4v) is 9.43. The summed E-state index contributed by atoms with van der Waals surface area (Å²) in [6.07, 6.45) is -8.87. The van der Waals surface area contributed by atoms with Crippen LogP contribution in [0.4, 0.5) is 0 Å². The zero-order valence-corrected chi connectivity index (χ0v) is 41.2. The van der Waals surface area contributed by atoms with Gasteiger partial charge in [0.2, 0.25) is 6.79 Å². The van der Waals surface area contributed by atoms with Crippen LogP contribution in [-0.4, -0.2) is 197 Å². The van der Waals surface area contributed by atoms with Gasteiger partial charge in [-0.25, -0.2) is 0 Å². The Bertz CT molecular complexity index is 1410. The number of aliphatic hydroxyl groups excluding tert-OH is 2. The van der Waals surface area contributed by atoms with E-state index in [0.717, 1.165) is 0 Å². The summed E-state index contributed by atoms with van der Waals surface area (Å²) in [4.78, 5) is 22.2. The molecule has 376 valence electrons. The van der Waals surface area contributed by atoms with E-state index in [9.17, 15) is 25.2 Å². The molecule has 0 amide bonds. The summed E-state index contributed by atoms with van der Waals surface area (Å²) in [5.74, 6) is -4.14. The van der Waals surface area contributed by atoms with Crippen molar-refractivity contribution in [3.05, 3.63) is 0 Å². The number of carbonyl (C=O) groups is 1. The molecule has 0 aromatic rings. The average molecular weight is 925 g/mol. The smallest absolute Gasteiger partial charge is 0.311 e. The van der Waals surface area contributed by atoms with Crippen LogP contribution in [0.15, 0.2) is 5.16 Å². The number of aliphatic hydroxyl groups is 4. The van der Waals surface area contributed by atoms with E-state index in [1.54, 1.807) is 55.8 Å². The molecule has 3 aliphatic heterocycles. The van der Waals surface area contributed by atoms with Crippen LogP contribution in [0.25, 0.3) is 0 Å². The number of ether oxygens (including phenoxy) is 11. The summed E-state index contributed by atoms with van der Waals surface area (Å²) in [5, 5.41) is 52.6. The Balaban J connectivity index is 2.26. The van der Waals surface area contributed by atoms with Crippen LogP contribution in [0.3, 0.4) is 0 Å². The first-order valence-corrected chi connectivity index (χ1v) is 22.8. The molecule has 18 atom stereocenters. The van der Waals surface area contributed by atoms with E-state index in [1.165, 1.54) is 14.0 Å². The highest BCUT2D eigenvalue weighted by molar-refractivity contribution is 5.88. The fourth-order valence-electron chi connectivity index (χ4n) is 9.43. The normalized spacial score (nSPS) is 42.7. The Morgan fingerprint density at radius 2 is 1.44 bits per heavy atom. The van der Waals surface area contributed by atoms with Gasteiger partial charge in [0.15, 0.2) is 12.6 Å². The lowest BCUT2D eigenvalue weighted by molar-refractivity contribution is -0.325. The average Bonchev–Trinajstić information content (AvgIpc) is 3.23. The van der Waals surface area contributed by atoms with Gasteiger partial charge in [-0.05, 0) is 74.9 Å². The van der Waals surface area contributed by atoms with Crippen LogP contribution in [0, 0.1) is 23.7 Å². The number of oxime groups is 1. The maximum absolute atomic E-state index is 14.5. The van der Waals surface area contributed by atoms with Gasteiger partial charge in [-0.2, -0.15) is 0 Å². The molecule has 0 saturated carbocycles. The van der Waals surface area contributed by atoms with E-state index in [-0.39, 0.29) is 51.6 Å². The van der Waals surface area contributed by atoms with E-state index in [0.29, 0.717) is 32.0 Å². The zero-order chi connectivity index (χ0) is 48.2. The van der Waals surface area contributed by atoms with Gasteiger partial charge in [0.25, 0.3) is 0 Å². The number of likely N-dealkylation sites (N-methyl/N-ethyl adjacent to an activating group) is 1. The van der Waals surface area contributed by atoms with Crippen LogP contribution >= 0.6 is 0 Å². The topological polar surface area (TPSA) is 224 Å². The highest BCUT2D eigenvalue weighted by atomic mass is 16.7. The second-order valence-corrected chi connectivity index (χ2v) is 18.9. The fraction of sp³-hybridized carbons (Fsp3) is 0.956. The molecule has 19 heteroatoms. The molecule has 2 unspecified atom stereocenters. The monoisotopic (exact) mass is 925 g/mol. The van der Waals surface area contributed by atoms with Crippen molar-refractivity contribution in [3.63, 3.8) is 0 Å². The van der Waals surface area contributed by atoms with Crippen molar-refractivity contribution in [2.45, 2.75) is 179 Å². The summed E-state index contributed by atoms with van der Waals surface area (Å²) >= 11 is 0. The van der Waals surface area contributed by atoms with Crippen LogP contribution in [-0.2, 0) is 61.7 Å². The van der Waals surface area contributed by atoms with Crippen molar-refractivity contribution in [2.75, 3.05) is 75.4 Å². The molecule has 0 bridgehead atoms. The van der Waals surface area contributed by atoms with E-state index in [1.807, 2.05) is 39.8 Å². The predicted octanol–water partition coefficient (Wildman–Crippen LogP) is 2.85. The molecule has 64 heavy (non-hydrogen) atoms. The van der Waals surface area contributed by atoms with Gasteiger partial charge < -0.3 is 82.3 Å². The Hall–Kier alpha value is -1.66. The van der Waals surface area contributed by atoms with E-state index in [4.69, 9.17) is 56.9 Å². The lowest BCUT2D eigenvalue weighted by Crippen LogP contribution is -2.61. The minimum absolute atomic E-state index is 0.0212. The van der Waals surface area contributed by atoms with Crippen molar-refractivity contribution in [1.82, 2.24) is 4.90 Å². The highest BCUT2D eigenvalue weighted by Gasteiger charge is 2.53. The quantitative estimate of drug-likeness (QED) is 0.0633. The van der Waals surface area contributed by atoms with Gasteiger partial charge in [-0.3, -0.25) is 4.79 Å². The van der Waals surface area contributed by atoms with E-state index in [2.05, 4.69) is 5.16 Å². The molecular weight excluding hydrogens is 840 g/mol. The molecule has 3 fully saturated rings. The molecule has 0 spiro atoms. The van der Waals surface area contributed by atoms with Gasteiger partial charge >= 0.3 is 5.97 Å². The number of carbonyl (C=O) groups excluding carboxylic acids is 1.